The lowest BCUT2D eigenvalue weighted by molar-refractivity contribution is -0.137. The molecule has 0 aliphatic rings. The minimum atomic E-state index is -0.377. The van der Waals surface area contributed by atoms with Gasteiger partial charge in [0.15, 0.2) is 0 Å². The highest BCUT2D eigenvalue weighted by Crippen LogP contribution is 2.09. The van der Waals surface area contributed by atoms with Crippen molar-refractivity contribution >= 4 is 11.5 Å². The van der Waals surface area contributed by atoms with Gasteiger partial charge < -0.3 is 9.15 Å². The molecule has 0 N–H and O–H groups in total. The van der Waals surface area contributed by atoms with Gasteiger partial charge in [0.25, 0.3) is 0 Å². The first-order valence-electron chi connectivity index (χ1n) is 3.99. The van der Waals surface area contributed by atoms with Crippen LogP contribution in [0.5, 0.6) is 0 Å². The molecule has 4 heteroatoms. The largest absolute Gasteiger partial charge is 0.463 e. The van der Waals surface area contributed by atoms with Gasteiger partial charge in [-0.25, -0.2) is 9.78 Å². The van der Waals surface area contributed by atoms with Crippen LogP contribution in [0.1, 0.15) is 19.7 Å². The first kappa shape index (κ1) is 9.51. The summed E-state index contributed by atoms with van der Waals surface area (Å²) in [6.07, 6.45) is 4.34. The normalized spacial score (nSPS) is 11.4. The highest BCUT2D eigenvalue weighted by atomic mass is 16.5. The van der Waals surface area contributed by atoms with Gasteiger partial charge in [-0.1, -0.05) is 0 Å². The van der Waals surface area contributed by atoms with E-state index in [9.17, 15) is 4.79 Å². The van der Waals surface area contributed by atoms with Gasteiger partial charge in [-0.05, 0) is 13.8 Å². The summed E-state index contributed by atoms with van der Waals surface area (Å²) in [7, 11) is 0. The van der Waals surface area contributed by atoms with E-state index >= 15 is 0 Å². The minimum Gasteiger partial charge on any atom is -0.463 e. The fraction of sp³-hybridized carbons (Fsp3) is 0.333. The van der Waals surface area contributed by atoms with Gasteiger partial charge in [-0.15, -0.1) is 0 Å². The van der Waals surface area contributed by atoms with Crippen LogP contribution in [0.15, 0.2) is 23.0 Å². The Bertz CT molecular complexity index is 301. The van der Waals surface area contributed by atoms with Crippen LogP contribution in [0.2, 0.25) is 0 Å². The number of oxazole rings is 1. The van der Waals surface area contributed by atoms with E-state index in [2.05, 4.69) is 4.98 Å². The van der Waals surface area contributed by atoms with Gasteiger partial charge in [0, 0.05) is 11.6 Å². The number of hydrogen-bond acceptors (Lipinski definition) is 4. The lowest BCUT2D eigenvalue weighted by Crippen LogP contribution is -2.00. The predicted octanol–water partition coefficient (Wildman–Crippen LogP) is 1.64. The summed E-state index contributed by atoms with van der Waals surface area (Å²) in [5, 5.41) is 0. The summed E-state index contributed by atoms with van der Waals surface area (Å²) < 4.78 is 9.71. The summed E-state index contributed by atoms with van der Waals surface area (Å²) in [5.41, 5.74) is 0.656. The van der Waals surface area contributed by atoms with E-state index in [0.717, 1.165) is 0 Å². The molecule has 0 spiro atoms. The minimum absolute atomic E-state index is 0.369. The third kappa shape index (κ3) is 2.74. The number of carbonyl (C=O) groups is 1. The molecule has 0 saturated heterocycles. The molecular formula is C9H11NO3. The molecule has 0 aliphatic heterocycles. The smallest absolute Gasteiger partial charge is 0.331 e. The maximum absolute atomic E-state index is 11.0. The monoisotopic (exact) mass is 181 g/mol. The molecule has 0 radical (unpaired) electrons. The molecule has 1 rings (SSSR count). The Morgan fingerprint density at radius 1 is 1.77 bits per heavy atom. The number of hydrogen-bond donors (Lipinski definition) is 0. The molecule has 0 aromatic carbocycles. The standard InChI is InChI=1S/C9H11NO3/c1-3-12-8(11)6-7(2)9-10-4-5-13-9/h4-6H,3H2,1-2H3/b7-6-. The highest BCUT2D eigenvalue weighted by molar-refractivity contribution is 5.89. The molecule has 0 aliphatic carbocycles. The van der Waals surface area contributed by atoms with E-state index in [0.29, 0.717) is 18.1 Å². The zero-order valence-electron chi connectivity index (χ0n) is 7.61. The van der Waals surface area contributed by atoms with E-state index in [1.165, 1.54) is 18.5 Å². The second kappa shape index (κ2) is 4.45. The fourth-order valence-corrected chi connectivity index (χ4v) is 0.841. The van der Waals surface area contributed by atoms with Crippen molar-refractivity contribution in [2.45, 2.75) is 13.8 Å². The van der Waals surface area contributed by atoms with Crippen molar-refractivity contribution in [1.29, 1.82) is 0 Å². The summed E-state index contributed by atoms with van der Waals surface area (Å²) in [4.78, 5) is 14.9. The molecule has 0 amide bonds. The molecular weight excluding hydrogens is 170 g/mol. The van der Waals surface area contributed by atoms with E-state index in [1.807, 2.05) is 0 Å². The molecule has 0 fully saturated rings. The molecule has 1 aromatic heterocycles. The lowest BCUT2D eigenvalue weighted by Gasteiger charge is -1.96. The van der Waals surface area contributed by atoms with Crippen LogP contribution in [0, 0.1) is 0 Å². The SMILES string of the molecule is CCOC(=O)/C=C(/C)c1ncco1. The van der Waals surface area contributed by atoms with Crippen molar-refractivity contribution in [3.63, 3.8) is 0 Å². The molecule has 1 aromatic rings. The maximum Gasteiger partial charge on any atom is 0.331 e. The first-order valence-corrected chi connectivity index (χ1v) is 3.99. The number of rotatable bonds is 3. The van der Waals surface area contributed by atoms with Crippen LogP contribution in [0.25, 0.3) is 5.57 Å². The third-order valence-electron chi connectivity index (χ3n) is 1.39. The Kier molecular flexibility index (Phi) is 3.25. The summed E-state index contributed by atoms with van der Waals surface area (Å²) in [6, 6.07) is 0. The van der Waals surface area contributed by atoms with E-state index in [-0.39, 0.29) is 5.97 Å². The van der Waals surface area contributed by atoms with Crippen LogP contribution in [0.3, 0.4) is 0 Å². The van der Waals surface area contributed by atoms with Crippen LogP contribution in [-0.2, 0) is 9.53 Å². The highest BCUT2D eigenvalue weighted by Gasteiger charge is 2.03. The molecule has 0 bridgehead atoms. The Labute approximate surface area is 76.2 Å². The lowest BCUT2D eigenvalue weighted by atomic mass is 10.3. The molecule has 0 atom stereocenters. The molecule has 13 heavy (non-hydrogen) atoms. The second-order valence-corrected chi connectivity index (χ2v) is 2.42. The molecule has 4 nitrogen and oxygen atoms in total. The van der Waals surface area contributed by atoms with Gasteiger partial charge in [-0.3, -0.25) is 0 Å². The molecule has 0 saturated carbocycles. The first-order chi connectivity index (χ1) is 6.24. The van der Waals surface area contributed by atoms with Gasteiger partial charge >= 0.3 is 5.97 Å². The number of ether oxygens (including phenoxy) is 1. The number of nitrogens with zero attached hydrogens (tertiary/aromatic N) is 1. The van der Waals surface area contributed by atoms with Gasteiger partial charge in [-0.2, -0.15) is 0 Å². The maximum atomic E-state index is 11.0. The number of esters is 1. The van der Waals surface area contributed by atoms with Gasteiger partial charge in [0.1, 0.15) is 6.26 Å². The fourth-order valence-electron chi connectivity index (χ4n) is 0.841. The summed E-state index contributed by atoms with van der Waals surface area (Å²) >= 11 is 0. The average Bonchev–Trinajstić information content (AvgIpc) is 2.55. The van der Waals surface area contributed by atoms with Crippen LogP contribution >= 0.6 is 0 Å². The van der Waals surface area contributed by atoms with Crippen molar-refractivity contribution in [2.24, 2.45) is 0 Å². The Balaban J connectivity index is 2.67. The number of allylic oxidation sites excluding steroid dienone is 1. The van der Waals surface area contributed by atoms with Crippen LogP contribution in [-0.4, -0.2) is 17.6 Å². The van der Waals surface area contributed by atoms with Gasteiger partial charge in [0.2, 0.25) is 5.89 Å². The van der Waals surface area contributed by atoms with Crippen LogP contribution < -0.4 is 0 Å². The van der Waals surface area contributed by atoms with E-state index < -0.39 is 0 Å². The van der Waals surface area contributed by atoms with Crippen molar-refractivity contribution in [1.82, 2.24) is 4.98 Å². The molecule has 1 heterocycles. The quantitative estimate of drug-likeness (QED) is 0.525. The average molecular weight is 181 g/mol. The zero-order chi connectivity index (χ0) is 9.68. The van der Waals surface area contributed by atoms with Crippen molar-refractivity contribution < 1.29 is 13.9 Å². The van der Waals surface area contributed by atoms with Crippen molar-refractivity contribution in [3.05, 3.63) is 24.4 Å². The van der Waals surface area contributed by atoms with E-state index in [4.69, 9.17) is 9.15 Å². The summed E-state index contributed by atoms with van der Waals surface area (Å²) in [5.74, 6) is 0.0613. The topological polar surface area (TPSA) is 52.3 Å². The van der Waals surface area contributed by atoms with Crippen molar-refractivity contribution in [2.75, 3.05) is 6.61 Å². The van der Waals surface area contributed by atoms with Crippen molar-refractivity contribution in [3.8, 4) is 0 Å². The third-order valence-corrected chi connectivity index (χ3v) is 1.39. The Morgan fingerprint density at radius 2 is 2.54 bits per heavy atom. The number of carbonyl (C=O) groups excluding carboxylic acids is 1. The predicted molar refractivity (Wildman–Crippen MR) is 46.8 cm³/mol. The van der Waals surface area contributed by atoms with Crippen LogP contribution in [0.4, 0.5) is 0 Å². The molecule has 0 unspecified atom stereocenters. The number of aromatic nitrogens is 1. The van der Waals surface area contributed by atoms with Gasteiger partial charge in [0.05, 0.1) is 12.8 Å². The summed E-state index contributed by atoms with van der Waals surface area (Å²) in [6.45, 7) is 3.86. The second-order valence-electron chi connectivity index (χ2n) is 2.42. The van der Waals surface area contributed by atoms with E-state index in [1.54, 1.807) is 13.8 Å². The zero-order valence-corrected chi connectivity index (χ0v) is 7.61. The Hall–Kier alpha value is -1.58. The molecule has 70 valence electrons. The Morgan fingerprint density at radius 3 is 3.08 bits per heavy atom.